The van der Waals surface area contributed by atoms with Gasteiger partial charge in [0.05, 0.1) is 25.4 Å². The summed E-state index contributed by atoms with van der Waals surface area (Å²) in [5, 5.41) is 54.0. The molecular formula is C43H81NO8. The number of rotatable bonds is 35. The lowest BCUT2D eigenvalue weighted by Gasteiger charge is -2.40. The van der Waals surface area contributed by atoms with Crippen LogP contribution in [-0.4, -0.2) is 87.5 Å². The number of ether oxygens (including phenoxy) is 2. The van der Waals surface area contributed by atoms with Gasteiger partial charge < -0.3 is 40.3 Å². The summed E-state index contributed by atoms with van der Waals surface area (Å²) < 4.78 is 11.2. The molecule has 0 saturated carbocycles. The number of hydrogen-bond donors (Lipinski definition) is 6. The number of nitrogens with one attached hydrogen (secondary N) is 1. The first kappa shape index (κ1) is 48.7. The van der Waals surface area contributed by atoms with Crippen molar-refractivity contribution >= 4 is 5.91 Å². The maximum atomic E-state index is 12.9. The van der Waals surface area contributed by atoms with E-state index in [2.05, 4.69) is 31.3 Å². The first-order valence-corrected chi connectivity index (χ1v) is 21.6. The van der Waals surface area contributed by atoms with Crippen LogP contribution in [0.15, 0.2) is 24.3 Å². The molecule has 1 fully saturated rings. The van der Waals surface area contributed by atoms with Gasteiger partial charge in [-0.3, -0.25) is 4.79 Å². The van der Waals surface area contributed by atoms with Crippen LogP contribution < -0.4 is 5.32 Å². The fourth-order valence-electron chi connectivity index (χ4n) is 6.75. The first-order chi connectivity index (χ1) is 25.3. The van der Waals surface area contributed by atoms with Crippen LogP contribution in [0.4, 0.5) is 0 Å². The van der Waals surface area contributed by atoms with E-state index in [0.717, 1.165) is 64.2 Å². The molecule has 0 aliphatic carbocycles. The SMILES string of the molecule is CCC/C=C\CCCCCCCC(=O)NC(COC1OC(CO)C(O)C(O)C1O)C(O)/C=C/CCCCCCCCCCCCCCCCCCC. The van der Waals surface area contributed by atoms with Crippen molar-refractivity contribution in [3.8, 4) is 0 Å². The van der Waals surface area contributed by atoms with Gasteiger partial charge in [-0.25, -0.2) is 0 Å². The van der Waals surface area contributed by atoms with E-state index in [9.17, 15) is 30.3 Å². The van der Waals surface area contributed by atoms with Crippen molar-refractivity contribution in [3.63, 3.8) is 0 Å². The molecule has 0 aromatic carbocycles. The summed E-state index contributed by atoms with van der Waals surface area (Å²) in [4.78, 5) is 12.9. The van der Waals surface area contributed by atoms with E-state index in [4.69, 9.17) is 9.47 Å². The van der Waals surface area contributed by atoms with Crippen LogP contribution in [0, 0.1) is 0 Å². The number of aliphatic hydroxyl groups is 5. The van der Waals surface area contributed by atoms with Gasteiger partial charge in [0.1, 0.15) is 24.4 Å². The number of carbonyl (C=O) groups is 1. The Labute approximate surface area is 318 Å². The molecule has 0 bridgehead atoms. The molecule has 1 saturated heterocycles. The molecule has 1 aliphatic heterocycles. The fourth-order valence-corrected chi connectivity index (χ4v) is 6.75. The van der Waals surface area contributed by atoms with E-state index in [1.807, 2.05) is 6.08 Å². The van der Waals surface area contributed by atoms with Crippen molar-refractivity contribution in [1.29, 1.82) is 0 Å². The lowest BCUT2D eigenvalue weighted by molar-refractivity contribution is -0.302. The molecule has 1 rings (SSSR count). The van der Waals surface area contributed by atoms with Crippen molar-refractivity contribution in [2.45, 2.75) is 230 Å². The van der Waals surface area contributed by atoms with E-state index in [0.29, 0.717) is 6.42 Å². The maximum absolute atomic E-state index is 12.9. The second-order valence-corrected chi connectivity index (χ2v) is 15.1. The van der Waals surface area contributed by atoms with Gasteiger partial charge >= 0.3 is 0 Å². The Balaban J connectivity index is 2.36. The van der Waals surface area contributed by atoms with Crippen LogP contribution in [-0.2, 0) is 14.3 Å². The number of amides is 1. The molecule has 9 heteroatoms. The predicted octanol–water partition coefficient (Wildman–Crippen LogP) is 8.33. The lowest BCUT2D eigenvalue weighted by atomic mass is 9.99. The van der Waals surface area contributed by atoms with E-state index in [1.165, 1.54) is 103 Å². The maximum Gasteiger partial charge on any atom is 0.220 e. The predicted molar refractivity (Wildman–Crippen MR) is 212 cm³/mol. The third kappa shape index (κ3) is 24.9. The molecule has 0 spiro atoms. The summed E-state index contributed by atoms with van der Waals surface area (Å²) >= 11 is 0. The summed E-state index contributed by atoms with van der Waals surface area (Å²) in [5.74, 6) is -0.189. The van der Waals surface area contributed by atoms with Crippen molar-refractivity contribution in [2.75, 3.05) is 13.2 Å². The second kappa shape index (κ2) is 34.2. The van der Waals surface area contributed by atoms with E-state index >= 15 is 0 Å². The molecule has 0 aromatic heterocycles. The zero-order valence-corrected chi connectivity index (χ0v) is 33.3. The summed E-state index contributed by atoms with van der Waals surface area (Å²) in [6.07, 6.45) is 32.3. The molecule has 52 heavy (non-hydrogen) atoms. The number of aliphatic hydroxyl groups excluding tert-OH is 5. The van der Waals surface area contributed by atoms with Gasteiger partial charge in [-0.1, -0.05) is 167 Å². The highest BCUT2D eigenvalue weighted by atomic mass is 16.7. The highest BCUT2D eigenvalue weighted by molar-refractivity contribution is 5.76. The normalized spacial score (nSPS) is 22.0. The average Bonchev–Trinajstić information content (AvgIpc) is 3.14. The van der Waals surface area contributed by atoms with E-state index in [-0.39, 0.29) is 12.5 Å². The van der Waals surface area contributed by atoms with Gasteiger partial charge in [-0.05, 0) is 38.5 Å². The Morgan fingerprint density at radius 1 is 0.635 bits per heavy atom. The highest BCUT2D eigenvalue weighted by Gasteiger charge is 2.44. The monoisotopic (exact) mass is 740 g/mol. The molecule has 9 nitrogen and oxygen atoms in total. The van der Waals surface area contributed by atoms with Gasteiger partial charge in [-0.2, -0.15) is 0 Å². The van der Waals surface area contributed by atoms with Crippen LogP contribution in [0.25, 0.3) is 0 Å². The summed E-state index contributed by atoms with van der Waals surface area (Å²) in [6, 6.07) is -0.804. The van der Waals surface area contributed by atoms with Crippen molar-refractivity contribution in [2.24, 2.45) is 0 Å². The van der Waals surface area contributed by atoms with Gasteiger partial charge in [0.2, 0.25) is 5.91 Å². The highest BCUT2D eigenvalue weighted by Crippen LogP contribution is 2.22. The molecular weight excluding hydrogens is 658 g/mol. The summed E-state index contributed by atoms with van der Waals surface area (Å²) in [6.45, 7) is 3.69. The minimum Gasteiger partial charge on any atom is -0.394 e. The van der Waals surface area contributed by atoms with Crippen LogP contribution in [0.5, 0.6) is 0 Å². The largest absolute Gasteiger partial charge is 0.394 e. The van der Waals surface area contributed by atoms with Gasteiger partial charge in [0.15, 0.2) is 6.29 Å². The Bertz CT molecular complexity index is 868. The smallest absolute Gasteiger partial charge is 0.220 e. The average molecular weight is 740 g/mol. The van der Waals surface area contributed by atoms with Crippen LogP contribution in [0.2, 0.25) is 0 Å². The first-order valence-electron chi connectivity index (χ1n) is 21.6. The zero-order chi connectivity index (χ0) is 38.1. The van der Waals surface area contributed by atoms with Gasteiger partial charge in [0.25, 0.3) is 0 Å². The number of carbonyl (C=O) groups excluding carboxylic acids is 1. The zero-order valence-electron chi connectivity index (χ0n) is 33.3. The minimum atomic E-state index is -1.56. The van der Waals surface area contributed by atoms with E-state index in [1.54, 1.807) is 6.08 Å². The number of allylic oxidation sites excluding steroid dienone is 3. The van der Waals surface area contributed by atoms with Crippen molar-refractivity contribution in [3.05, 3.63) is 24.3 Å². The second-order valence-electron chi connectivity index (χ2n) is 15.1. The molecule has 0 aromatic rings. The third-order valence-electron chi connectivity index (χ3n) is 10.3. The van der Waals surface area contributed by atoms with Gasteiger partial charge in [-0.15, -0.1) is 0 Å². The Morgan fingerprint density at radius 2 is 1.12 bits per heavy atom. The van der Waals surface area contributed by atoms with Crippen molar-refractivity contribution in [1.82, 2.24) is 5.32 Å². The Kier molecular flexibility index (Phi) is 32.0. The molecule has 7 atom stereocenters. The van der Waals surface area contributed by atoms with Crippen LogP contribution >= 0.6 is 0 Å². The quantitative estimate of drug-likeness (QED) is 0.0281. The molecule has 1 heterocycles. The topological polar surface area (TPSA) is 149 Å². The molecule has 1 amide bonds. The molecule has 7 unspecified atom stereocenters. The summed E-state index contributed by atoms with van der Waals surface area (Å²) in [7, 11) is 0. The Morgan fingerprint density at radius 3 is 1.63 bits per heavy atom. The van der Waals surface area contributed by atoms with Crippen LogP contribution in [0.1, 0.15) is 187 Å². The minimum absolute atomic E-state index is 0.189. The molecule has 306 valence electrons. The molecule has 6 N–H and O–H groups in total. The van der Waals surface area contributed by atoms with E-state index < -0.39 is 49.5 Å². The fraction of sp³-hybridized carbons (Fsp3) is 0.884. The molecule has 0 radical (unpaired) electrons. The van der Waals surface area contributed by atoms with Crippen LogP contribution in [0.3, 0.4) is 0 Å². The van der Waals surface area contributed by atoms with Crippen molar-refractivity contribution < 1.29 is 39.8 Å². The Hall–Kier alpha value is -1.33. The lowest BCUT2D eigenvalue weighted by Crippen LogP contribution is -2.60. The van der Waals surface area contributed by atoms with Gasteiger partial charge in [0, 0.05) is 6.42 Å². The molecule has 1 aliphatic rings. The number of hydrogen-bond acceptors (Lipinski definition) is 8. The third-order valence-corrected chi connectivity index (χ3v) is 10.3. The standard InChI is InChI=1S/C43H81NO8/c1-3-5-7-9-11-13-15-16-17-18-19-20-21-22-23-24-26-28-30-32-37(46)36(35-51-43-42(50)41(49)40(48)38(34-45)52-43)44-39(47)33-31-29-27-25-14-12-10-8-6-4-2/h8,10,30,32,36-38,40-43,45-46,48-50H,3-7,9,11-29,31,33-35H2,1-2H3,(H,44,47)/b10-8-,32-30+. The summed E-state index contributed by atoms with van der Waals surface area (Å²) in [5.41, 5.74) is 0. The number of unbranched alkanes of at least 4 members (excludes halogenated alkanes) is 23.